The first-order chi connectivity index (χ1) is 17.3. The minimum atomic E-state index is -0.637. The van der Waals surface area contributed by atoms with E-state index < -0.39 is 23.8 Å². The van der Waals surface area contributed by atoms with Crippen LogP contribution >= 0.6 is 0 Å². The lowest BCUT2D eigenvalue weighted by atomic mass is 9.74. The molecule has 0 bridgehead atoms. The molecule has 0 saturated heterocycles. The van der Waals surface area contributed by atoms with E-state index in [0.29, 0.717) is 12.8 Å². The number of benzene rings is 2. The SMILES string of the molecule is CCOC(=O)CC(C(C)=O)C(CCC(c1ccccc1)C(CC(C)=O)C(=O)OCC)c1ccccc1. The minimum absolute atomic E-state index is 0.00646. The topological polar surface area (TPSA) is 86.7 Å². The quantitative estimate of drug-likeness (QED) is 0.297. The van der Waals surface area contributed by atoms with Crippen molar-refractivity contribution in [1.29, 1.82) is 0 Å². The van der Waals surface area contributed by atoms with Crippen LogP contribution in [-0.4, -0.2) is 36.7 Å². The molecule has 2 rings (SSSR count). The van der Waals surface area contributed by atoms with Gasteiger partial charge in [-0.15, -0.1) is 0 Å². The van der Waals surface area contributed by atoms with E-state index in [0.717, 1.165) is 11.1 Å². The smallest absolute Gasteiger partial charge is 0.309 e. The molecular weight excluding hydrogens is 456 g/mol. The van der Waals surface area contributed by atoms with Gasteiger partial charge in [-0.25, -0.2) is 0 Å². The van der Waals surface area contributed by atoms with Crippen LogP contribution in [0.4, 0.5) is 0 Å². The molecule has 4 unspecified atom stereocenters. The van der Waals surface area contributed by atoms with Gasteiger partial charge in [-0.05, 0) is 63.5 Å². The highest BCUT2D eigenvalue weighted by Crippen LogP contribution is 2.39. The monoisotopic (exact) mass is 494 g/mol. The van der Waals surface area contributed by atoms with Crippen molar-refractivity contribution in [3.05, 3.63) is 71.8 Å². The Kier molecular flexibility index (Phi) is 12.0. The molecular formula is C30H38O6. The molecule has 0 heterocycles. The molecule has 0 N–H and O–H groups in total. The third-order valence-corrected chi connectivity index (χ3v) is 6.53. The molecule has 4 atom stereocenters. The molecule has 0 aliphatic heterocycles. The van der Waals surface area contributed by atoms with Gasteiger partial charge < -0.3 is 14.3 Å². The Hall–Kier alpha value is -3.28. The third kappa shape index (κ3) is 8.74. The molecule has 6 heteroatoms. The van der Waals surface area contributed by atoms with Crippen molar-refractivity contribution in [3.8, 4) is 0 Å². The highest BCUT2D eigenvalue weighted by molar-refractivity contribution is 5.85. The van der Waals surface area contributed by atoms with Gasteiger partial charge in [0.2, 0.25) is 0 Å². The number of Topliss-reactive ketones (excluding diaryl/α,β-unsaturated/α-hetero) is 2. The lowest BCUT2D eigenvalue weighted by molar-refractivity contribution is -0.150. The summed E-state index contributed by atoms with van der Waals surface area (Å²) in [7, 11) is 0. The molecule has 0 spiro atoms. The summed E-state index contributed by atoms with van der Waals surface area (Å²) in [6.45, 7) is 6.95. The van der Waals surface area contributed by atoms with E-state index in [1.807, 2.05) is 60.7 Å². The number of carbonyl (C=O) groups excluding carboxylic acids is 4. The normalized spacial score (nSPS) is 14.2. The molecule has 0 aromatic heterocycles. The summed E-state index contributed by atoms with van der Waals surface area (Å²) >= 11 is 0. The maximum absolute atomic E-state index is 13.0. The van der Waals surface area contributed by atoms with Crippen LogP contribution in [0.25, 0.3) is 0 Å². The number of hydrogen-bond donors (Lipinski definition) is 0. The average molecular weight is 495 g/mol. The van der Waals surface area contributed by atoms with Gasteiger partial charge in [0.1, 0.15) is 11.6 Å². The van der Waals surface area contributed by atoms with E-state index >= 15 is 0 Å². The van der Waals surface area contributed by atoms with Crippen LogP contribution in [0.5, 0.6) is 0 Å². The third-order valence-electron chi connectivity index (χ3n) is 6.53. The molecule has 0 aliphatic rings. The van der Waals surface area contributed by atoms with Crippen molar-refractivity contribution in [2.24, 2.45) is 11.8 Å². The van der Waals surface area contributed by atoms with Crippen molar-refractivity contribution in [1.82, 2.24) is 0 Å². The molecule has 0 radical (unpaired) electrons. The summed E-state index contributed by atoms with van der Waals surface area (Å²) in [6, 6.07) is 19.3. The van der Waals surface area contributed by atoms with Gasteiger partial charge in [0.15, 0.2) is 0 Å². The van der Waals surface area contributed by atoms with Crippen molar-refractivity contribution in [3.63, 3.8) is 0 Å². The Bertz CT molecular complexity index is 985. The number of ketones is 2. The van der Waals surface area contributed by atoms with Crippen molar-refractivity contribution in [2.45, 2.75) is 65.2 Å². The first kappa shape index (κ1) is 29.0. The van der Waals surface area contributed by atoms with Crippen LogP contribution in [0.3, 0.4) is 0 Å². The molecule has 2 aromatic carbocycles. The standard InChI is InChI=1S/C30H38O6/c1-5-35-29(33)20-27(22(4)32)25(23-13-9-7-10-14-23)17-18-26(24-15-11-8-12-16-24)28(19-21(3)31)30(34)36-6-2/h7-16,25-28H,5-6,17-20H2,1-4H3. The zero-order valence-electron chi connectivity index (χ0n) is 21.8. The van der Waals surface area contributed by atoms with E-state index in [2.05, 4.69) is 0 Å². The molecule has 0 saturated carbocycles. The van der Waals surface area contributed by atoms with Crippen LogP contribution < -0.4 is 0 Å². The maximum atomic E-state index is 13.0. The van der Waals surface area contributed by atoms with Gasteiger partial charge in [-0.3, -0.25) is 14.4 Å². The summed E-state index contributed by atoms with van der Waals surface area (Å²) in [5.74, 6) is -2.70. The lowest BCUT2D eigenvalue weighted by Gasteiger charge is -2.30. The number of carbonyl (C=O) groups is 4. The Morgan fingerprint density at radius 2 is 1.14 bits per heavy atom. The van der Waals surface area contributed by atoms with E-state index in [1.54, 1.807) is 13.8 Å². The maximum Gasteiger partial charge on any atom is 0.309 e. The average Bonchev–Trinajstić information content (AvgIpc) is 2.86. The molecule has 2 aromatic rings. The second-order valence-corrected chi connectivity index (χ2v) is 9.10. The van der Waals surface area contributed by atoms with Crippen LogP contribution in [0, 0.1) is 11.8 Å². The van der Waals surface area contributed by atoms with E-state index in [1.165, 1.54) is 13.8 Å². The predicted octanol–water partition coefficient (Wildman–Crippen LogP) is 5.65. The summed E-state index contributed by atoms with van der Waals surface area (Å²) < 4.78 is 10.5. The van der Waals surface area contributed by atoms with E-state index in [9.17, 15) is 19.2 Å². The summed E-state index contributed by atoms with van der Waals surface area (Å²) in [5.41, 5.74) is 1.89. The second kappa shape index (κ2) is 15.0. The van der Waals surface area contributed by atoms with Crippen LogP contribution in [0.15, 0.2) is 60.7 Å². The van der Waals surface area contributed by atoms with Gasteiger partial charge >= 0.3 is 11.9 Å². The molecule has 194 valence electrons. The lowest BCUT2D eigenvalue weighted by Crippen LogP contribution is -2.29. The van der Waals surface area contributed by atoms with E-state index in [4.69, 9.17) is 9.47 Å². The fourth-order valence-corrected chi connectivity index (χ4v) is 4.88. The number of rotatable bonds is 15. The highest BCUT2D eigenvalue weighted by Gasteiger charge is 2.35. The van der Waals surface area contributed by atoms with Gasteiger partial charge in [-0.2, -0.15) is 0 Å². The molecule has 6 nitrogen and oxygen atoms in total. The molecule has 0 fully saturated rings. The predicted molar refractivity (Wildman–Crippen MR) is 138 cm³/mol. The number of hydrogen-bond acceptors (Lipinski definition) is 6. The molecule has 0 aliphatic carbocycles. The summed E-state index contributed by atoms with van der Waals surface area (Å²) in [4.78, 5) is 50.2. The van der Waals surface area contributed by atoms with Gasteiger partial charge in [0, 0.05) is 12.3 Å². The fraction of sp³-hybridized carbons (Fsp3) is 0.467. The number of ether oxygens (including phenoxy) is 2. The summed E-state index contributed by atoms with van der Waals surface area (Å²) in [6.07, 6.45) is 1.15. The minimum Gasteiger partial charge on any atom is -0.466 e. The zero-order chi connectivity index (χ0) is 26.5. The van der Waals surface area contributed by atoms with Gasteiger partial charge in [0.25, 0.3) is 0 Å². The van der Waals surface area contributed by atoms with Crippen molar-refractivity contribution in [2.75, 3.05) is 13.2 Å². The first-order valence-corrected chi connectivity index (χ1v) is 12.7. The van der Waals surface area contributed by atoms with Crippen molar-refractivity contribution >= 4 is 23.5 Å². The Balaban J connectivity index is 2.45. The molecule has 36 heavy (non-hydrogen) atoms. The van der Waals surface area contributed by atoms with Crippen LogP contribution in [0.2, 0.25) is 0 Å². The molecule has 0 amide bonds. The highest BCUT2D eigenvalue weighted by atomic mass is 16.5. The van der Waals surface area contributed by atoms with Crippen molar-refractivity contribution < 1.29 is 28.7 Å². The fourth-order valence-electron chi connectivity index (χ4n) is 4.88. The Morgan fingerprint density at radius 3 is 1.56 bits per heavy atom. The van der Waals surface area contributed by atoms with Gasteiger partial charge in [-0.1, -0.05) is 60.7 Å². The second-order valence-electron chi connectivity index (χ2n) is 9.10. The Labute approximate surface area is 214 Å². The number of esters is 2. The van der Waals surface area contributed by atoms with E-state index in [-0.39, 0.29) is 49.5 Å². The van der Waals surface area contributed by atoms with Gasteiger partial charge in [0.05, 0.1) is 25.6 Å². The Morgan fingerprint density at radius 1 is 0.667 bits per heavy atom. The van der Waals surface area contributed by atoms with Crippen LogP contribution in [0.1, 0.15) is 76.3 Å². The largest absolute Gasteiger partial charge is 0.466 e. The zero-order valence-corrected chi connectivity index (χ0v) is 21.8. The summed E-state index contributed by atoms with van der Waals surface area (Å²) in [5, 5.41) is 0. The van der Waals surface area contributed by atoms with Crippen LogP contribution in [-0.2, 0) is 28.7 Å². The first-order valence-electron chi connectivity index (χ1n) is 12.7.